The Morgan fingerprint density at radius 1 is 1.06 bits per heavy atom. The Labute approximate surface area is 119 Å². The monoisotopic (exact) mass is 297 g/mol. The molecular formula is C12H6Cl3N3. The quantitative estimate of drug-likeness (QED) is 0.839. The fourth-order valence-electron chi connectivity index (χ4n) is 1.51. The fourth-order valence-corrected chi connectivity index (χ4v) is 2.13. The molecule has 0 aliphatic carbocycles. The summed E-state index contributed by atoms with van der Waals surface area (Å²) in [5, 5.41) is 18.1. The van der Waals surface area contributed by atoms with Gasteiger partial charge >= 0.3 is 0 Å². The summed E-state index contributed by atoms with van der Waals surface area (Å²) in [7, 11) is 0. The van der Waals surface area contributed by atoms with Crippen LogP contribution in [0, 0.1) is 11.3 Å². The molecule has 0 aliphatic rings. The predicted molar refractivity (Wildman–Crippen MR) is 71.0 cm³/mol. The zero-order valence-corrected chi connectivity index (χ0v) is 11.2. The Morgan fingerprint density at radius 2 is 1.83 bits per heavy atom. The van der Waals surface area contributed by atoms with Crippen molar-refractivity contribution in [3.8, 4) is 6.07 Å². The molecule has 0 spiro atoms. The topological polar surface area (TPSA) is 49.6 Å². The van der Waals surface area contributed by atoms with Crippen molar-refractivity contribution in [2.24, 2.45) is 0 Å². The second kappa shape index (κ2) is 5.53. The number of benzene rings is 1. The van der Waals surface area contributed by atoms with Gasteiger partial charge in [0.15, 0.2) is 5.15 Å². The van der Waals surface area contributed by atoms with Gasteiger partial charge in [0.05, 0.1) is 11.8 Å². The highest BCUT2D eigenvalue weighted by atomic mass is 35.5. The molecule has 0 radical (unpaired) electrons. The van der Waals surface area contributed by atoms with Crippen LogP contribution in [-0.2, 0) is 0 Å². The minimum absolute atomic E-state index is 0.276. The molecule has 0 saturated heterocycles. The van der Waals surface area contributed by atoms with Gasteiger partial charge in [0.2, 0.25) is 0 Å². The van der Waals surface area contributed by atoms with Crippen LogP contribution in [0.2, 0.25) is 15.2 Å². The summed E-state index contributed by atoms with van der Waals surface area (Å²) < 4.78 is 0. The van der Waals surface area contributed by atoms with Gasteiger partial charge in [-0.25, -0.2) is 0 Å². The Bertz CT molecular complexity index is 605. The van der Waals surface area contributed by atoms with Gasteiger partial charge in [-0.2, -0.15) is 10.4 Å². The molecular weight excluding hydrogens is 293 g/mol. The molecule has 2 rings (SSSR count). The van der Waals surface area contributed by atoms with Crippen molar-refractivity contribution in [1.82, 2.24) is 10.2 Å². The zero-order valence-electron chi connectivity index (χ0n) is 8.94. The number of nitriles is 1. The van der Waals surface area contributed by atoms with Gasteiger partial charge < -0.3 is 0 Å². The van der Waals surface area contributed by atoms with Gasteiger partial charge in [-0.3, -0.25) is 0 Å². The van der Waals surface area contributed by atoms with Gasteiger partial charge in [-0.1, -0.05) is 40.9 Å². The standard InChI is InChI=1S/C12H6Cl3N3/c13-7-1-2-8(10(14)5-7)9(6-16)11-3-4-12(15)18-17-11/h1-5,9H/t9-/m0/s1. The van der Waals surface area contributed by atoms with Crippen molar-refractivity contribution in [3.05, 3.63) is 56.8 Å². The molecule has 0 aliphatic heterocycles. The number of halogens is 3. The van der Waals surface area contributed by atoms with E-state index in [1.54, 1.807) is 30.3 Å². The van der Waals surface area contributed by atoms with Crippen LogP contribution in [0.5, 0.6) is 0 Å². The normalized spacial score (nSPS) is 11.9. The summed E-state index contributed by atoms with van der Waals surface area (Å²) in [5.41, 5.74) is 1.13. The van der Waals surface area contributed by atoms with Crippen LogP contribution in [0.3, 0.4) is 0 Å². The van der Waals surface area contributed by atoms with E-state index in [1.165, 1.54) is 0 Å². The molecule has 3 nitrogen and oxygen atoms in total. The Morgan fingerprint density at radius 3 is 2.39 bits per heavy atom. The van der Waals surface area contributed by atoms with Crippen molar-refractivity contribution in [2.45, 2.75) is 5.92 Å². The summed E-state index contributed by atoms with van der Waals surface area (Å²) in [6.45, 7) is 0. The van der Waals surface area contributed by atoms with E-state index in [2.05, 4.69) is 16.3 Å². The largest absolute Gasteiger partial charge is 0.197 e. The molecule has 0 bridgehead atoms. The first kappa shape index (κ1) is 13.1. The maximum Gasteiger partial charge on any atom is 0.151 e. The molecule has 0 fully saturated rings. The zero-order chi connectivity index (χ0) is 13.1. The number of hydrogen-bond acceptors (Lipinski definition) is 3. The van der Waals surface area contributed by atoms with E-state index >= 15 is 0 Å². The molecule has 1 heterocycles. The summed E-state index contributed by atoms with van der Waals surface area (Å²) >= 11 is 17.6. The van der Waals surface area contributed by atoms with Crippen LogP contribution >= 0.6 is 34.8 Å². The molecule has 1 atom stereocenters. The number of nitrogens with zero attached hydrogens (tertiary/aromatic N) is 3. The highest BCUT2D eigenvalue weighted by Gasteiger charge is 2.18. The summed E-state index contributed by atoms with van der Waals surface area (Å²) in [6, 6.07) is 10.3. The van der Waals surface area contributed by atoms with Gasteiger partial charge in [0.25, 0.3) is 0 Å². The molecule has 0 N–H and O–H groups in total. The highest BCUT2D eigenvalue weighted by molar-refractivity contribution is 6.35. The van der Waals surface area contributed by atoms with Gasteiger partial charge in [0, 0.05) is 10.0 Å². The predicted octanol–water partition coefficient (Wildman–Crippen LogP) is 4.09. The minimum atomic E-state index is -0.598. The van der Waals surface area contributed by atoms with E-state index in [9.17, 15) is 5.26 Å². The molecule has 18 heavy (non-hydrogen) atoms. The summed E-state index contributed by atoms with van der Waals surface area (Å²) in [4.78, 5) is 0. The lowest BCUT2D eigenvalue weighted by Gasteiger charge is -2.10. The van der Waals surface area contributed by atoms with Crippen LogP contribution < -0.4 is 0 Å². The van der Waals surface area contributed by atoms with Crippen molar-refractivity contribution < 1.29 is 0 Å². The first-order chi connectivity index (χ1) is 8.61. The average molecular weight is 299 g/mol. The summed E-state index contributed by atoms with van der Waals surface area (Å²) in [6.07, 6.45) is 0. The SMILES string of the molecule is N#C[C@H](c1ccc(Cl)nn1)c1ccc(Cl)cc1Cl. The Kier molecular flexibility index (Phi) is 4.03. The first-order valence-electron chi connectivity index (χ1n) is 4.95. The Balaban J connectivity index is 2.46. The number of rotatable bonds is 2. The number of aromatic nitrogens is 2. The lowest BCUT2D eigenvalue weighted by atomic mass is 9.97. The van der Waals surface area contributed by atoms with E-state index < -0.39 is 5.92 Å². The third-order valence-corrected chi connectivity index (χ3v) is 3.11. The third kappa shape index (κ3) is 2.73. The third-order valence-electron chi connectivity index (χ3n) is 2.35. The molecule has 2 aromatic rings. The lowest BCUT2D eigenvalue weighted by molar-refractivity contribution is 0.885. The molecule has 90 valence electrons. The smallest absolute Gasteiger partial charge is 0.151 e. The average Bonchev–Trinajstić information content (AvgIpc) is 2.35. The van der Waals surface area contributed by atoms with Crippen LogP contribution in [0.1, 0.15) is 17.2 Å². The van der Waals surface area contributed by atoms with E-state index in [-0.39, 0.29) is 5.15 Å². The van der Waals surface area contributed by atoms with Gasteiger partial charge in [0.1, 0.15) is 5.92 Å². The first-order valence-corrected chi connectivity index (χ1v) is 6.09. The molecule has 0 unspecified atom stereocenters. The van der Waals surface area contributed by atoms with Crippen LogP contribution in [0.4, 0.5) is 0 Å². The molecule has 0 amide bonds. The molecule has 1 aromatic heterocycles. The van der Waals surface area contributed by atoms with Crippen molar-refractivity contribution in [1.29, 1.82) is 5.26 Å². The van der Waals surface area contributed by atoms with E-state index in [1.807, 2.05) is 0 Å². The molecule has 0 saturated carbocycles. The molecule has 6 heteroatoms. The van der Waals surface area contributed by atoms with E-state index in [4.69, 9.17) is 34.8 Å². The summed E-state index contributed by atoms with van der Waals surface area (Å²) in [5.74, 6) is -0.598. The van der Waals surface area contributed by atoms with Crippen molar-refractivity contribution in [2.75, 3.05) is 0 Å². The maximum atomic E-state index is 9.25. The Hall–Kier alpha value is -1.34. The number of hydrogen-bond donors (Lipinski definition) is 0. The van der Waals surface area contributed by atoms with Crippen LogP contribution in [0.15, 0.2) is 30.3 Å². The fraction of sp³-hybridized carbons (Fsp3) is 0.0833. The second-order valence-electron chi connectivity index (χ2n) is 3.51. The van der Waals surface area contributed by atoms with Crippen molar-refractivity contribution in [3.63, 3.8) is 0 Å². The van der Waals surface area contributed by atoms with E-state index in [0.29, 0.717) is 21.3 Å². The van der Waals surface area contributed by atoms with E-state index in [0.717, 1.165) is 0 Å². The lowest BCUT2D eigenvalue weighted by Crippen LogP contribution is -2.03. The molecule has 1 aromatic carbocycles. The van der Waals surface area contributed by atoms with Gasteiger partial charge in [-0.05, 0) is 29.8 Å². The minimum Gasteiger partial charge on any atom is -0.197 e. The second-order valence-corrected chi connectivity index (χ2v) is 4.74. The van der Waals surface area contributed by atoms with Crippen LogP contribution in [0.25, 0.3) is 0 Å². The van der Waals surface area contributed by atoms with Crippen molar-refractivity contribution >= 4 is 34.8 Å². The van der Waals surface area contributed by atoms with Crippen LogP contribution in [-0.4, -0.2) is 10.2 Å². The maximum absolute atomic E-state index is 9.25. The van der Waals surface area contributed by atoms with Gasteiger partial charge in [-0.15, -0.1) is 5.10 Å². The highest BCUT2D eigenvalue weighted by Crippen LogP contribution is 2.30.